The topological polar surface area (TPSA) is 102 Å². The molecule has 0 saturated heterocycles. The van der Waals surface area contributed by atoms with E-state index in [0.29, 0.717) is 17.5 Å². The average molecular weight is 346 g/mol. The molecule has 0 unspecified atom stereocenters. The Balaban J connectivity index is 2.01. The maximum Gasteiger partial charge on any atom is 0.321 e. The third-order valence-corrected chi connectivity index (χ3v) is 3.32. The lowest BCUT2D eigenvalue weighted by atomic mass is 10.2. The normalized spacial score (nSPS) is 10.1. The lowest BCUT2D eigenvalue weighted by Gasteiger charge is -2.13. The summed E-state index contributed by atoms with van der Waals surface area (Å²) in [6.45, 7) is 2.03. The molecular weight excluding hydrogens is 324 g/mol. The van der Waals surface area contributed by atoms with Crippen LogP contribution in [-0.2, 0) is 6.54 Å². The third-order valence-electron chi connectivity index (χ3n) is 3.32. The molecule has 2 N–H and O–H groups in total. The second kappa shape index (κ2) is 8.13. The summed E-state index contributed by atoms with van der Waals surface area (Å²) in [4.78, 5) is 26.3. The molecule has 0 spiro atoms. The monoisotopic (exact) mass is 346 g/mol. The van der Waals surface area contributed by atoms with Crippen molar-refractivity contribution in [2.45, 2.75) is 13.5 Å². The smallest absolute Gasteiger partial charge is 0.321 e. The standard InChI is InChI=1S/C16H22N6O3/c1-10-8-11(24-4)6-7-12(10)18-15(23)17-9-13-19-14(22(2)3)21-16(20-13)25-5/h6-8H,9H2,1-5H3,(H2,17,18,23). The van der Waals surface area contributed by atoms with Gasteiger partial charge < -0.3 is 25.0 Å². The van der Waals surface area contributed by atoms with Crippen molar-refractivity contribution in [3.05, 3.63) is 29.6 Å². The summed E-state index contributed by atoms with van der Waals surface area (Å²) in [7, 11) is 6.70. The van der Waals surface area contributed by atoms with E-state index in [1.54, 1.807) is 24.1 Å². The molecule has 0 aliphatic carbocycles. The maximum absolute atomic E-state index is 12.1. The highest BCUT2D eigenvalue weighted by Crippen LogP contribution is 2.20. The van der Waals surface area contributed by atoms with Gasteiger partial charge in [0.2, 0.25) is 5.95 Å². The number of ether oxygens (including phenoxy) is 2. The van der Waals surface area contributed by atoms with E-state index in [1.807, 2.05) is 27.1 Å². The number of aromatic nitrogens is 3. The van der Waals surface area contributed by atoms with Crippen LogP contribution in [0.2, 0.25) is 0 Å². The van der Waals surface area contributed by atoms with Crippen molar-refractivity contribution < 1.29 is 14.3 Å². The third kappa shape index (κ3) is 4.93. The van der Waals surface area contributed by atoms with Crippen LogP contribution in [0.25, 0.3) is 0 Å². The van der Waals surface area contributed by atoms with Crippen LogP contribution in [0.15, 0.2) is 18.2 Å². The van der Waals surface area contributed by atoms with Gasteiger partial charge >= 0.3 is 12.0 Å². The number of aryl methyl sites for hydroxylation is 1. The molecule has 0 saturated carbocycles. The molecule has 134 valence electrons. The van der Waals surface area contributed by atoms with Gasteiger partial charge in [-0.3, -0.25) is 0 Å². The van der Waals surface area contributed by atoms with Crippen molar-refractivity contribution in [2.75, 3.05) is 38.5 Å². The van der Waals surface area contributed by atoms with E-state index in [9.17, 15) is 4.79 Å². The summed E-state index contributed by atoms with van der Waals surface area (Å²) in [6.07, 6.45) is 0. The number of rotatable bonds is 6. The zero-order chi connectivity index (χ0) is 18.4. The van der Waals surface area contributed by atoms with E-state index >= 15 is 0 Å². The fourth-order valence-corrected chi connectivity index (χ4v) is 1.99. The molecule has 2 aromatic rings. The number of nitrogens with one attached hydrogen (secondary N) is 2. The molecule has 2 amide bonds. The number of carbonyl (C=O) groups is 1. The lowest BCUT2D eigenvalue weighted by Crippen LogP contribution is -2.29. The Labute approximate surface area is 146 Å². The quantitative estimate of drug-likeness (QED) is 0.819. The molecule has 1 aromatic heterocycles. The van der Waals surface area contributed by atoms with Crippen LogP contribution < -0.4 is 25.0 Å². The number of amides is 2. The first-order valence-electron chi connectivity index (χ1n) is 7.58. The van der Waals surface area contributed by atoms with Gasteiger partial charge in [0.15, 0.2) is 5.82 Å². The lowest BCUT2D eigenvalue weighted by molar-refractivity contribution is 0.251. The molecule has 0 fully saturated rings. The summed E-state index contributed by atoms with van der Waals surface area (Å²) in [5, 5.41) is 5.49. The molecule has 9 heteroatoms. The summed E-state index contributed by atoms with van der Waals surface area (Å²) < 4.78 is 10.2. The van der Waals surface area contributed by atoms with Gasteiger partial charge in [0.1, 0.15) is 5.75 Å². The number of methoxy groups -OCH3 is 2. The predicted molar refractivity (Wildman–Crippen MR) is 94.3 cm³/mol. The molecule has 9 nitrogen and oxygen atoms in total. The van der Waals surface area contributed by atoms with Crippen molar-refractivity contribution in [3.63, 3.8) is 0 Å². The van der Waals surface area contributed by atoms with Gasteiger partial charge in [-0.25, -0.2) is 4.79 Å². The second-order valence-corrected chi connectivity index (χ2v) is 5.42. The van der Waals surface area contributed by atoms with Crippen molar-refractivity contribution in [3.8, 4) is 11.8 Å². The Morgan fingerprint density at radius 2 is 1.92 bits per heavy atom. The number of anilines is 2. The highest BCUT2D eigenvalue weighted by molar-refractivity contribution is 5.90. The SMILES string of the molecule is COc1ccc(NC(=O)NCc2nc(OC)nc(N(C)C)n2)c(C)c1. The van der Waals surface area contributed by atoms with Crippen LogP contribution in [0.4, 0.5) is 16.4 Å². The maximum atomic E-state index is 12.1. The zero-order valence-corrected chi connectivity index (χ0v) is 15.0. The summed E-state index contributed by atoms with van der Waals surface area (Å²) in [6, 6.07) is 5.24. The second-order valence-electron chi connectivity index (χ2n) is 5.42. The van der Waals surface area contributed by atoms with Gasteiger partial charge in [0.25, 0.3) is 0 Å². The molecule has 25 heavy (non-hydrogen) atoms. The molecule has 0 atom stereocenters. The molecule has 1 aromatic carbocycles. The molecule has 1 heterocycles. The largest absolute Gasteiger partial charge is 0.497 e. The number of benzene rings is 1. The number of hydrogen-bond acceptors (Lipinski definition) is 7. The molecule has 0 radical (unpaired) electrons. The predicted octanol–water partition coefficient (Wildman–Crippen LogP) is 1.58. The van der Waals surface area contributed by atoms with Gasteiger partial charge in [0.05, 0.1) is 20.8 Å². The van der Waals surface area contributed by atoms with Crippen molar-refractivity contribution >= 4 is 17.7 Å². The number of nitrogens with zero attached hydrogens (tertiary/aromatic N) is 4. The van der Waals surface area contributed by atoms with Crippen LogP contribution >= 0.6 is 0 Å². The average Bonchev–Trinajstić information content (AvgIpc) is 2.61. The van der Waals surface area contributed by atoms with Gasteiger partial charge in [0, 0.05) is 19.8 Å². The van der Waals surface area contributed by atoms with Crippen molar-refractivity contribution in [2.24, 2.45) is 0 Å². The highest BCUT2D eigenvalue weighted by Gasteiger charge is 2.10. The van der Waals surface area contributed by atoms with Gasteiger partial charge in [-0.1, -0.05) is 0 Å². The fraction of sp³-hybridized carbons (Fsp3) is 0.375. The van der Waals surface area contributed by atoms with E-state index in [4.69, 9.17) is 9.47 Å². The van der Waals surface area contributed by atoms with Gasteiger partial charge in [-0.2, -0.15) is 15.0 Å². The van der Waals surface area contributed by atoms with E-state index in [2.05, 4.69) is 25.6 Å². The Morgan fingerprint density at radius 1 is 1.16 bits per heavy atom. The first-order chi connectivity index (χ1) is 11.9. The first-order valence-corrected chi connectivity index (χ1v) is 7.58. The Bertz CT molecular complexity index is 751. The van der Waals surface area contributed by atoms with Crippen LogP contribution in [0.3, 0.4) is 0 Å². The summed E-state index contributed by atoms with van der Waals surface area (Å²) in [5.41, 5.74) is 1.59. The van der Waals surface area contributed by atoms with Crippen LogP contribution in [0.1, 0.15) is 11.4 Å². The molecule has 0 bridgehead atoms. The van der Waals surface area contributed by atoms with Gasteiger partial charge in [-0.15, -0.1) is 0 Å². The minimum atomic E-state index is -0.362. The number of urea groups is 1. The summed E-state index contributed by atoms with van der Waals surface area (Å²) >= 11 is 0. The Hall–Kier alpha value is -3.10. The van der Waals surface area contributed by atoms with E-state index in [-0.39, 0.29) is 18.6 Å². The summed E-state index contributed by atoms with van der Waals surface area (Å²) in [5.74, 6) is 1.59. The Kier molecular flexibility index (Phi) is 5.93. The van der Waals surface area contributed by atoms with E-state index in [0.717, 1.165) is 11.3 Å². The fourth-order valence-electron chi connectivity index (χ4n) is 1.99. The molecular formula is C16H22N6O3. The minimum Gasteiger partial charge on any atom is -0.497 e. The zero-order valence-electron chi connectivity index (χ0n) is 15.0. The highest BCUT2D eigenvalue weighted by atomic mass is 16.5. The Morgan fingerprint density at radius 3 is 2.52 bits per heavy atom. The van der Waals surface area contributed by atoms with Crippen LogP contribution in [0, 0.1) is 6.92 Å². The number of carbonyl (C=O) groups excluding carboxylic acids is 1. The molecule has 0 aliphatic heterocycles. The first kappa shape index (κ1) is 18.2. The minimum absolute atomic E-state index is 0.140. The van der Waals surface area contributed by atoms with Crippen molar-refractivity contribution in [1.29, 1.82) is 0 Å². The van der Waals surface area contributed by atoms with E-state index in [1.165, 1.54) is 7.11 Å². The molecule has 2 rings (SSSR count). The van der Waals surface area contributed by atoms with Gasteiger partial charge in [-0.05, 0) is 30.7 Å². The number of hydrogen-bond donors (Lipinski definition) is 2. The molecule has 0 aliphatic rings. The van der Waals surface area contributed by atoms with Crippen LogP contribution in [0.5, 0.6) is 11.8 Å². The van der Waals surface area contributed by atoms with E-state index < -0.39 is 0 Å². The van der Waals surface area contributed by atoms with Crippen molar-refractivity contribution in [1.82, 2.24) is 20.3 Å². The van der Waals surface area contributed by atoms with Crippen LogP contribution in [-0.4, -0.2) is 49.3 Å².